The number of nitrogens with zero attached hydrogens (tertiary/aromatic N) is 1. The highest BCUT2D eigenvalue weighted by Gasteiger charge is 2.23. The van der Waals surface area contributed by atoms with Gasteiger partial charge >= 0.3 is 0 Å². The molecule has 0 saturated carbocycles. The molecule has 1 aromatic heterocycles. The van der Waals surface area contributed by atoms with Gasteiger partial charge in [0, 0.05) is 12.7 Å². The van der Waals surface area contributed by atoms with E-state index in [9.17, 15) is 13.2 Å². The molecule has 140 valence electrons. The van der Waals surface area contributed by atoms with Crippen LogP contribution in [0, 0.1) is 12.8 Å². The lowest BCUT2D eigenvalue weighted by molar-refractivity contribution is 0.102. The number of carbonyl (C=O) groups excluding carboxylic acids is 1. The summed E-state index contributed by atoms with van der Waals surface area (Å²) in [5.74, 6) is -0.136. The SMILES string of the molecule is Cc1ccc(NC(=O)c2cc(S(=O)(=O)NCC(C)C)c(Cl)cc2Cl)nc1. The van der Waals surface area contributed by atoms with Gasteiger partial charge in [0.15, 0.2) is 0 Å². The average molecular weight is 416 g/mol. The van der Waals surface area contributed by atoms with Gasteiger partial charge in [0.25, 0.3) is 5.91 Å². The molecular weight excluding hydrogens is 397 g/mol. The van der Waals surface area contributed by atoms with Gasteiger partial charge in [-0.1, -0.05) is 43.1 Å². The highest BCUT2D eigenvalue weighted by Crippen LogP contribution is 2.29. The fourth-order valence-electron chi connectivity index (χ4n) is 1.99. The quantitative estimate of drug-likeness (QED) is 0.748. The molecule has 2 N–H and O–H groups in total. The van der Waals surface area contributed by atoms with Crippen LogP contribution in [0.25, 0.3) is 0 Å². The lowest BCUT2D eigenvalue weighted by Crippen LogP contribution is -2.28. The van der Waals surface area contributed by atoms with E-state index in [0.29, 0.717) is 5.82 Å². The summed E-state index contributed by atoms with van der Waals surface area (Å²) >= 11 is 12.1. The number of carbonyl (C=O) groups is 1. The van der Waals surface area contributed by atoms with Crippen molar-refractivity contribution in [2.75, 3.05) is 11.9 Å². The van der Waals surface area contributed by atoms with Crippen molar-refractivity contribution >= 4 is 45.0 Å². The second-order valence-corrected chi connectivity index (χ2v) is 8.73. The number of anilines is 1. The number of hydrogen-bond acceptors (Lipinski definition) is 4. The van der Waals surface area contributed by atoms with Crippen molar-refractivity contribution < 1.29 is 13.2 Å². The van der Waals surface area contributed by atoms with Gasteiger partial charge < -0.3 is 5.32 Å². The van der Waals surface area contributed by atoms with Crippen LogP contribution in [-0.4, -0.2) is 25.9 Å². The highest BCUT2D eigenvalue weighted by molar-refractivity contribution is 7.89. The number of rotatable bonds is 6. The number of pyridine rings is 1. The van der Waals surface area contributed by atoms with Crippen molar-refractivity contribution in [3.8, 4) is 0 Å². The summed E-state index contributed by atoms with van der Waals surface area (Å²) in [6.07, 6.45) is 1.60. The maximum atomic E-state index is 12.5. The van der Waals surface area contributed by atoms with Crippen molar-refractivity contribution in [1.29, 1.82) is 0 Å². The largest absolute Gasteiger partial charge is 0.307 e. The lowest BCUT2D eigenvalue weighted by atomic mass is 10.2. The minimum atomic E-state index is -3.87. The number of aromatic nitrogens is 1. The first-order chi connectivity index (χ1) is 12.1. The van der Waals surface area contributed by atoms with Crippen LogP contribution in [0.4, 0.5) is 5.82 Å². The Morgan fingerprint density at radius 3 is 2.46 bits per heavy atom. The average Bonchev–Trinajstić information content (AvgIpc) is 2.55. The Balaban J connectivity index is 2.34. The van der Waals surface area contributed by atoms with Crippen LogP contribution in [0.1, 0.15) is 29.8 Å². The molecule has 2 rings (SSSR count). The Kier molecular flexibility index (Phi) is 6.63. The number of nitrogens with one attached hydrogen (secondary N) is 2. The second-order valence-electron chi connectivity index (χ2n) is 6.18. The number of aryl methyl sites for hydroxylation is 1. The van der Waals surface area contributed by atoms with Crippen LogP contribution in [0.2, 0.25) is 10.0 Å². The van der Waals surface area contributed by atoms with Crippen LogP contribution in [-0.2, 0) is 10.0 Å². The second kappa shape index (κ2) is 8.35. The predicted molar refractivity (Wildman–Crippen MR) is 103 cm³/mol. The van der Waals surface area contributed by atoms with Crippen LogP contribution in [0.5, 0.6) is 0 Å². The molecule has 0 aliphatic rings. The summed E-state index contributed by atoms with van der Waals surface area (Å²) in [6, 6.07) is 5.83. The van der Waals surface area contributed by atoms with Gasteiger partial charge in [0.05, 0.1) is 15.6 Å². The first kappa shape index (κ1) is 20.6. The first-order valence-electron chi connectivity index (χ1n) is 7.83. The van der Waals surface area contributed by atoms with Crippen LogP contribution < -0.4 is 10.0 Å². The van der Waals surface area contributed by atoms with E-state index < -0.39 is 15.9 Å². The maximum absolute atomic E-state index is 12.5. The standard InChI is InChI=1S/C17H19Cl2N3O3S/c1-10(2)8-21-26(24,25)15-6-12(13(18)7-14(15)19)17(23)22-16-5-4-11(3)9-20-16/h4-7,9-10,21H,8H2,1-3H3,(H,20,22,23). The Hall–Kier alpha value is -1.67. The molecule has 6 nitrogen and oxygen atoms in total. The monoisotopic (exact) mass is 415 g/mol. The summed E-state index contributed by atoms with van der Waals surface area (Å²) < 4.78 is 27.4. The van der Waals surface area contributed by atoms with Crippen molar-refractivity contribution in [2.24, 2.45) is 5.92 Å². The minimum absolute atomic E-state index is 0.0108. The number of halogens is 2. The number of benzene rings is 1. The van der Waals surface area contributed by atoms with Crippen molar-refractivity contribution in [3.63, 3.8) is 0 Å². The predicted octanol–water partition coefficient (Wildman–Crippen LogP) is 3.88. The molecule has 0 aliphatic heterocycles. The topological polar surface area (TPSA) is 88.2 Å². The van der Waals surface area contributed by atoms with E-state index in [4.69, 9.17) is 23.2 Å². The van der Waals surface area contributed by atoms with E-state index in [2.05, 4.69) is 15.0 Å². The Morgan fingerprint density at radius 1 is 1.19 bits per heavy atom. The van der Waals surface area contributed by atoms with E-state index >= 15 is 0 Å². The van der Waals surface area contributed by atoms with E-state index in [1.54, 1.807) is 18.3 Å². The third-order valence-electron chi connectivity index (χ3n) is 3.39. The van der Waals surface area contributed by atoms with E-state index in [-0.39, 0.29) is 33.0 Å². The van der Waals surface area contributed by atoms with Gasteiger partial charge in [-0.15, -0.1) is 0 Å². The highest BCUT2D eigenvalue weighted by atomic mass is 35.5. The summed E-state index contributed by atoms with van der Waals surface area (Å²) in [4.78, 5) is 16.4. The molecule has 0 saturated heterocycles. The number of hydrogen-bond donors (Lipinski definition) is 2. The fraction of sp³-hybridized carbons (Fsp3) is 0.294. The molecular formula is C17H19Cl2N3O3S. The molecule has 26 heavy (non-hydrogen) atoms. The Labute approximate surface area is 163 Å². The lowest BCUT2D eigenvalue weighted by Gasteiger charge is -2.13. The van der Waals surface area contributed by atoms with Gasteiger partial charge in [-0.2, -0.15) is 0 Å². The molecule has 0 spiro atoms. The molecule has 0 atom stereocenters. The van der Waals surface area contributed by atoms with Gasteiger partial charge in [0.1, 0.15) is 10.7 Å². The van der Waals surface area contributed by atoms with E-state index in [1.165, 1.54) is 6.07 Å². The normalized spacial score (nSPS) is 11.6. The third-order valence-corrected chi connectivity index (χ3v) is 5.59. The van der Waals surface area contributed by atoms with Crippen molar-refractivity contribution in [3.05, 3.63) is 51.6 Å². The zero-order valence-corrected chi connectivity index (χ0v) is 16.8. The molecule has 0 fully saturated rings. The van der Waals surface area contributed by atoms with Crippen LogP contribution in [0.15, 0.2) is 35.4 Å². The van der Waals surface area contributed by atoms with Crippen LogP contribution in [0.3, 0.4) is 0 Å². The zero-order valence-electron chi connectivity index (χ0n) is 14.5. The summed E-state index contributed by atoms with van der Waals surface area (Å²) in [6.45, 7) is 5.87. The zero-order chi connectivity index (χ0) is 19.5. The van der Waals surface area contributed by atoms with Gasteiger partial charge in [-0.05, 0) is 36.6 Å². The minimum Gasteiger partial charge on any atom is -0.307 e. The number of sulfonamides is 1. The van der Waals surface area contributed by atoms with Crippen molar-refractivity contribution in [1.82, 2.24) is 9.71 Å². The molecule has 2 aromatic rings. The molecule has 1 amide bonds. The fourth-order valence-corrected chi connectivity index (χ4v) is 4.06. The first-order valence-corrected chi connectivity index (χ1v) is 10.1. The van der Waals surface area contributed by atoms with Gasteiger partial charge in [0.2, 0.25) is 10.0 Å². The summed E-state index contributed by atoms with van der Waals surface area (Å²) in [5.41, 5.74) is 0.931. The summed E-state index contributed by atoms with van der Waals surface area (Å²) in [5, 5.41) is 2.57. The molecule has 0 radical (unpaired) electrons. The Morgan fingerprint density at radius 2 is 1.88 bits per heavy atom. The smallest absolute Gasteiger partial charge is 0.258 e. The third kappa shape index (κ3) is 5.17. The molecule has 0 unspecified atom stereocenters. The molecule has 9 heteroatoms. The van der Waals surface area contributed by atoms with Crippen LogP contribution >= 0.6 is 23.2 Å². The molecule has 0 bridgehead atoms. The maximum Gasteiger partial charge on any atom is 0.258 e. The molecule has 0 aliphatic carbocycles. The van der Waals surface area contributed by atoms with E-state index in [1.807, 2.05) is 20.8 Å². The Bertz CT molecular complexity index is 914. The van der Waals surface area contributed by atoms with Gasteiger partial charge in [-0.3, -0.25) is 4.79 Å². The number of amides is 1. The van der Waals surface area contributed by atoms with Crippen molar-refractivity contribution in [2.45, 2.75) is 25.7 Å². The van der Waals surface area contributed by atoms with Gasteiger partial charge in [-0.25, -0.2) is 18.1 Å². The van der Waals surface area contributed by atoms with E-state index in [0.717, 1.165) is 11.6 Å². The summed E-state index contributed by atoms with van der Waals surface area (Å²) in [7, 11) is -3.87. The molecule has 1 heterocycles. The molecule has 1 aromatic carbocycles.